The Morgan fingerprint density at radius 2 is 1.96 bits per heavy atom. The fourth-order valence-electron chi connectivity index (χ4n) is 3.24. The van der Waals surface area contributed by atoms with Gasteiger partial charge in [0.25, 0.3) is 0 Å². The molecule has 126 valence electrons. The van der Waals surface area contributed by atoms with Crippen molar-refractivity contribution in [3.05, 3.63) is 18.2 Å². The van der Waals surface area contributed by atoms with Crippen LogP contribution in [0.5, 0.6) is 11.5 Å². The minimum atomic E-state index is -3.62. The minimum absolute atomic E-state index is 0.00497. The molecule has 0 saturated carbocycles. The van der Waals surface area contributed by atoms with E-state index in [9.17, 15) is 13.2 Å². The number of rotatable bonds is 4. The molecule has 0 bridgehead atoms. The van der Waals surface area contributed by atoms with Gasteiger partial charge in [-0.1, -0.05) is 0 Å². The third-order valence-electron chi connectivity index (χ3n) is 4.48. The predicted molar refractivity (Wildman–Crippen MR) is 83.0 cm³/mol. The van der Waals surface area contributed by atoms with E-state index in [0.29, 0.717) is 37.4 Å². The summed E-state index contributed by atoms with van der Waals surface area (Å²) in [6.07, 6.45) is 1.03. The molecule has 1 aromatic carbocycles. The summed E-state index contributed by atoms with van der Waals surface area (Å²) >= 11 is 0. The number of methoxy groups -OCH3 is 2. The number of benzene rings is 1. The Kier molecular flexibility index (Phi) is 4.20. The van der Waals surface area contributed by atoms with Gasteiger partial charge < -0.3 is 14.8 Å². The van der Waals surface area contributed by atoms with E-state index >= 15 is 0 Å². The van der Waals surface area contributed by atoms with Gasteiger partial charge in [0.05, 0.1) is 19.1 Å². The molecule has 0 radical (unpaired) electrons. The maximum Gasteiger partial charge on any atom is 0.243 e. The molecule has 1 aromatic rings. The highest BCUT2D eigenvalue weighted by molar-refractivity contribution is 7.89. The molecule has 2 atom stereocenters. The Balaban J connectivity index is 1.85. The fraction of sp³-hybridized carbons (Fsp3) is 0.533. The standard InChI is InChI=1S/C15H20N2O5S/c1-21-13-4-3-11(8-14(13)22-2)23(19,20)17-6-5-12-10(9-17)7-15(18)16-12/h3-4,8,10,12H,5-7,9H2,1-2H3,(H,16,18)/t10-,12+/m1/s1. The Morgan fingerprint density at radius 3 is 2.65 bits per heavy atom. The van der Waals surface area contributed by atoms with E-state index < -0.39 is 10.0 Å². The zero-order valence-electron chi connectivity index (χ0n) is 13.1. The number of sulfonamides is 1. The smallest absolute Gasteiger partial charge is 0.243 e. The average Bonchev–Trinajstić information content (AvgIpc) is 2.93. The number of amides is 1. The summed E-state index contributed by atoms with van der Waals surface area (Å²) in [5, 5.41) is 2.90. The van der Waals surface area contributed by atoms with Crippen molar-refractivity contribution in [1.29, 1.82) is 0 Å². The van der Waals surface area contributed by atoms with Gasteiger partial charge in [-0.2, -0.15) is 4.31 Å². The number of ether oxygens (including phenoxy) is 2. The van der Waals surface area contributed by atoms with Crippen molar-refractivity contribution in [3.8, 4) is 11.5 Å². The SMILES string of the molecule is COc1ccc(S(=O)(=O)N2CC[C@@H]3NC(=O)C[C@@H]3C2)cc1OC. The number of hydrogen-bond donors (Lipinski definition) is 1. The summed E-state index contributed by atoms with van der Waals surface area (Å²) in [7, 11) is -0.648. The first-order valence-electron chi connectivity index (χ1n) is 7.47. The molecule has 2 saturated heterocycles. The Labute approximate surface area is 135 Å². The second-order valence-electron chi connectivity index (χ2n) is 5.81. The van der Waals surface area contributed by atoms with E-state index in [4.69, 9.17) is 9.47 Å². The van der Waals surface area contributed by atoms with Crippen LogP contribution in [0, 0.1) is 5.92 Å². The van der Waals surface area contributed by atoms with Gasteiger partial charge in [0.1, 0.15) is 0 Å². The lowest BCUT2D eigenvalue weighted by molar-refractivity contribution is -0.119. The van der Waals surface area contributed by atoms with Gasteiger partial charge in [-0.05, 0) is 18.6 Å². The van der Waals surface area contributed by atoms with Crippen LogP contribution in [-0.2, 0) is 14.8 Å². The maximum atomic E-state index is 12.8. The van der Waals surface area contributed by atoms with Crippen LogP contribution in [0.3, 0.4) is 0 Å². The first-order chi connectivity index (χ1) is 11.0. The molecule has 8 heteroatoms. The first kappa shape index (κ1) is 16.1. The van der Waals surface area contributed by atoms with Crippen molar-refractivity contribution >= 4 is 15.9 Å². The number of piperidine rings is 1. The summed E-state index contributed by atoms with van der Waals surface area (Å²) in [6, 6.07) is 4.66. The molecular formula is C15H20N2O5S. The number of nitrogens with one attached hydrogen (secondary N) is 1. The van der Waals surface area contributed by atoms with E-state index in [1.54, 1.807) is 6.07 Å². The van der Waals surface area contributed by atoms with Crippen LogP contribution in [-0.4, -0.2) is 52.0 Å². The second kappa shape index (κ2) is 6.01. The van der Waals surface area contributed by atoms with Crippen LogP contribution in [0.1, 0.15) is 12.8 Å². The molecule has 1 N–H and O–H groups in total. The zero-order chi connectivity index (χ0) is 16.6. The molecule has 2 aliphatic heterocycles. The topological polar surface area (TPSA) is 84.9 Å². The number of hydrogen-bond acceptors (Lipinski definition) is 5. The average molecular weight is 340 g/mol. The molecule has 2 fully saturated rings. The van der Waals surface area contributed by atoms with E-state index in [0.717, 1.165) is 0 Å². The number of nitrogens with zero attached hydrogens (tertiary/aromatic N) is 1. The lowest BCUT2D eigenvalue weighted by Crippen LogP contribution is -2.46. The molecule has 0 spiro atoms. The maximum absolute atomic E-state index is 12.8. The summed E-state index contributed by atoms with van der Waals surface area (Å²) in [6.45, 7) is 0.762. The first-order valence-corrected chi connectivity index (χ1v) is 8.91. The monoisotopic (exact) mass is 340 g/mol. The molecule has 0 aromatic heterocycles. The third-order valence-corrected chi connectivity index (χ3v) is 6.34. The summed E-state index contributed by atoms with van der Waals surface area (Å²) < 4.78 is 37.5. The molecule has 0 unspecified atom stereocenters. The van der Waals surface area contributed by atoms with Crippen LogP contribution in [0.25, 0.3) is 0 Å². The van der Waals surface area contributed by atoms with Crippen LogP contribution in [0.4, 0.5) is 0 Å². The van der Waals surface area contributed by atoms with Crippen molar-refractivity contribution in [2.24, 2.45) is 5.92 Å². The fourth-order valence-corrected chi connectivity index (χ4v) is 4.77. The molecule has 0 aliphatic carbocycles. The number of carbonyl (C=O) groups excluding carboxylic acids is 1. The summed E-state index contributed by atoms with van der Waals surface area (Å²) in [5.41, 5.74) is 0. The third kappa shape index (κ3) is 2.88. The second-order valence-corrected chi connectivity index (χ2v) is 7.74. The van der Waals surface area contributed by atoms with E-state index in [1.165, 1.54) is 30.7 Å². The van der Waals surface area contributed by atoms with Crippen molar-refractivity contribution < 1.29 is 22.7 Å². The van der Waals surface area contributed by atoms with Gasteiger partial charge in [-0.3, -0.25) is 4.79 Å². The van der Waals surface area contributed by atoms with Crippen LogP contribution in [0.15, 0.2) is 23.1 Å². The molecule has 23 heavy (non-hydrogen) atoms. The summed E-state index contributed by atoms with van der Waals surface area (Å²) in [4.78, 5) is 11.7. The highest BCUT2D eigenvalue weighted by Crippen LogP contribution is 2.33. The van der Waals surface area contributed by atoms with Gasteiger partial charge in [0, 0.05) is 37.5 Å². The normalized spacial score (nSPS) is 24.9. The van der Waals surface area contributed by atoms with Crippen LogP contribution >= 0.6 is 0 Å². The molecule has 2 heterocycles. The quantitative estimate of drug-likeness (QED) is 0.868. The largest absolute Gasteiger partial charge is 0.493 e. The lowest BCUT2D eigenvalue weighted by atomic mass is 9.95. The number of fused-ring (bicyclic) bond motifs is 1. The van der Waals surface area contributed by atoms with Crippen molar-refractivity contribution in [2.75, 3.05) is 27.3 Å². The van der Waals surface area contributed by atoms with Gasteiger partial charge in [-0.15, -0.1) is 0 Å². The molecule has 2 aliphatic rings. The van der Waals surface area contributed by atoms with E-state index in [1.807, 2.05) is 0 Å². The highest BCUT2D eigenvalue weighted by atomic mass is 32.2. The van der Waals surface area contributed by atoms with Gasteiger partial charge in [-0.25, -0.2) is 8.42 Å². The Morgan fingerprint density at radius 1 is 1.22 bits per heavy atom. The molecule has 1 amide bonds. The molecule has 7 nitrogen and oxygen atoms in total. The van der Waals surface area contributed by atoms with E-state index in [2.05, 4.69) is 5.32 Å². The van der Waals surface area contributed by atoms with Gasteiger partial charge in [0.2, 0.25) is 15.9 Å². The molecule has 3 rings (SSSR count). The van der Waals surface area contributed by atoms with Gasteiger partial charge >= 0.3 is 0 Å². The van der Waals surface area contributed by atoms with Crippen molar-refractivity contribution in [3.63, 3.8) is 0 Å². The van der Waals surface area contributed by atoms with Crippen molar-refractivity contribution in [1.82, 2.24) is 9.62 Å². The van der Waals surface area contributed by atoms with Crippen molar-refractivity contribution in [2.45, 2.75) is 23.8 Å². The van der Waals surface area contributed by atoms with Crippen LogP contribution < -0.4 is 14.8 Å². The van der Waals surface area contributed by atoms with E-state index in [-0.39, 0.29) is 22.8 Å². The zero-order valence-corrected chi connectivity index (χ0v) is 13.9. The van der Waals surface area contributed by atoms with Gasteiger partial charge in [0.15, 0.2) is 11.5 Å². The minimum Gasteiger partial charge on any atom is -0.493 e. The highest BCUT2D eigenvalue weighted by Gasteiger charge is 2.40. The Bertz CT molecular complexity index is 719. The number of carbonyl (C=O) groups is 1. The summed E-state index contributed by atoms with van der Waals surface area (Å²) in [5.74, 6) is 0.911. The molecular weight excluding hydrogens is 320 g/mol. The lowest BCUT2D eigenvalue weighted by Gasteiger charge is -2.33. The Hall–Kier alpha value is -1.80. The predicted octanol–water partition coefficient (Wildman–Crippen LogP) is 0.603. The van der Waals surface area contributed by atoms with Crippen LogP contribution in [0.2, 0.25) is 0 Å².